The van der Waals surface area contributed by atoms with Crippen LogP contribution in [0.15, 0.2) is 53.0 Å². The van der Waals surface area contributed by atoms with E-state index in [0.29, 0.717) is 10.0 Å². The SMILES string of the molecule is CC(C)[C@H](CO)Nc1nc(Nc2ccc(Br)cc2F)cc(-c2cccc(OC(F)(F)F)c2)n1. The highest BCUT2D eigenvalue weighted by atomic mass is 79.9. The Balaban J connectivity index is 2.02. The third-order valence-electron chi connectivity index (χ3n) is 4.60. The Morgan fingerprint density at radius 2 is 1.85 bits per heavy atom. The first-order valence-corrected chi connectivity index (χ1v) is 10.7. The van der Waals surface area contributed by atoms with Crippen LogP contribution >= 0.6 is 15.9 Å². The number of hydrogen-bond acceptors (Lipinski definition) is 6. The highest BCUT2D eigenvalue weighted by Gasteiger charge is 2.31. The number of aliphatic hydroxyl groups is 1. The molecule has 0 bridgehead atoms. The van der Waals surface area contributed by atoms with Crippen molar-refractivity contribution in [1.29, 1.82) is 0 Å². The van der Waals surface area contributed by atoms with Crippen LogP contribution in [0.4, 0.5) is 35.0 Å². The van der Waals surface area contributed by atoms with Crippen LogP contribution in [0.25, 0.3) is 11.3 Å². The minimum absolute atomic E-state index is 0.0334. The summed E-state index contributed by atoms with van der Waals surface area (Å²) < 4.78 is 56.8. The number of benzene rings is 2. The summed E-state index contributed by atoms with van der Waals surface area (Å²) in [6, 6.07) is 10.9. The monoisotopic (exact) mass is 528 g/mol. The van der Waals surface area contributed by atoms with Crippen LogP contribution in [0, 0.1) is 11.7 Å². The van der Waals surface area contributed by atoms with Gasteiger partial charge in [0.15, 0.2) is 0 Å². The maximum atomic E-state index is 14.3. The van der Waals surface area contributed by atoms with Crippen LogP contribution in [-0.2, 0) is 0 Å². The number of hydrogen-bond donors (Lipinski definition) is 3. The molecule has 3 aromatic rings. The molecule has 33 heavy (non-hydrogen) atoms. The van der Waals surface area contributed by atoms with Crippen molar-refractivity contribution < 1.29 is 27.4 Å². The molecule has 0 aliphatic rings. The molecule has 3 rings (SSSR count). The maximum absolute atomic E-state index is 14.3. The standard InChI is InChI=1S/C22H21BrF4N4O2/c1-12(2)19(11-32)30-21-29-18(13-4-3-5-15(8-13)33-22(25,26)27)10-20(31-21)28-17-7-6-14(23)9-16(17)24/h3-10,12,19,32H,11H2,1-2H3,(H2,28,29,30,31)/t19-/m0/s1. The van der Waals surface area contributed by atoms with Gasteiger partial charge in [-0.2, -0.15) is 4.98 Å². The fourth-order valence-electron chi connectivity index (χ4n) is 2.89. The molecule has 3 N–H and O–H groups in total. The van der Waals surface area contributed by atoms with Crippen molar-refractivity contribution in [3.63, 3.8) is 0 Å². The Labute approximate surface area is 196 Å². The first-order valence-electron chi connectivity index (χ1n) is 9.89. The van der Waals surface area contributed by atoms with Crippen molar-refractivity contribution in [2.24, 2.45) is 5.92 Å². The Kier molecular flexibility index (Phi) is 7.75. The molecule has 176 valence electrons. The Morgan fingerprint density at radius 3 is 2.48 bits per heavy atom. The molecular formula is C22H21BrF4N4O2. The van der Waals surface area contributed by atoms with E-state index in [4.69, 9.17) is 0 Å². The van der Waals surface area contributed by atoms with E-state index in [0.717, 1.165) is 0 Å². The van der Waals surface area contributed by atoms with Gasteiger partial charge in [-0.1, -0.05) is 41.9 Å². The van der Waals surface area contributed by atoms with Crippen LogP contribution in [0.1, 0.15) is 13.8 Å². The van der Waals surface area contributed by atoms with Crippen molar-refractivity contribution in [1.82, 2.24) is 9.97 Å². The van der Waals surface area contributed by atoms with Crippen molar-refractivity contribution in [3.05, 3.63) is 58.8 Å². The molecule has 2 aromatic carbocycles. The highest BCUT2D eigenvalue weighted by Crippen LogP contribution is 2.30. The first kappa shape index (κ1) is 24.7. The Bertz CT molecular complexity index is 1110. The van der Waals surface area contributed by atoms with E-state index in [-0.39, 0.29) is 41.7 Å². The lowest BCUT2D eigenvalue weighted by atomic mass is 10.1. The number of alkyl halides is 3. The van der Waals surface area contributed by atoms with E-state index in [9.17, 15) is 22.7 Å². The first-order chi connectivity index (χ1) is 15.5. The lowest BCUT2D eigenvalue weighted by molar-refractivity contribution is -0.274. The molecule has 0 saturated carbocycles. The van der Waals surface area contributed by atoms with E-state index >= 15 is 0 Å². The molecule has 0 aliphatic heterocycles. The molecule has 0 saturated heterocycles. The smallest absolute Gasteiger partial charge is 0.406 e. The van der Waals surface area contributed by atoms with Gasteiger partial charge in [0.2, 0.25) is 5.95 Å². The van der Waals surface area contributed by atoms with Gasteiger partial charge >= 0.3 is 6.36 Å². The van der Waals surface area contributed by atoms with Gasteiger partial charge in [-0.05, 0) is 36.2 Å². The summed E-state index contributed by atoms with van der Waals surface area (Å²) in [7, 11) is 0. The van der Waals surface area contributed by atoms with E-state index in [2.05, 4.69) is 41.3 Å². The molecule has 0 amide bonds. The zero-order valence-electron chi connectivity index (χ0n) is 17.6. The van der Waals surface area contributed by atoms with E-state index in [1.807, 2.05) is 13.8 Å². The quantitative estimate of drug-likeness (QED) is 0.306. The molecule has 0 fully saturated rings. The van der Waals surface area contributed by atoms with Gasteiger partial charge in [-0.25, -0.2) is 9.37 Å². The third-order valence-corrected chi connectivity index (χ3v) is 5.09. The van der Waals surface area contributed by atoms with Gasteiger partial charge in [0.25, 0.3) is 0 Å². The van der Waals surface area contributed by atoms with Crippen LogP contribution in [0.3, 0.4) is 0 Å². The second-order valence-corrected chi connectivity index (χ2v) is 8.38. The number of nitrogens with zero attached hydrogens (tertiary/aromatic N) is 2. The molecule has 11 heteroatoms. The summed E-state index contributed by atoms with van der Waals surface area (Å²) in [4.78, 5) is 8.71. The predicted molar refractivity (Wildman–Crippen MR) is 121 cm³/mol. The summed E-state index contributed by atoms with van der Waals surface area (Å²) >= 11 is 3.19. The average Bonchev–Trinajstić information content (AvgIpc) is 2.72. The number of anilines is 3. The van der Waals surface area contributed by atoms with Crippen LogP contribution in [0.5, 0.6) is 5.75 Å². The van der Waals surface area contributed by atoms with Gasteiger partial charge in [-0.15, -0.1) is 13.2 Å². The summed E-state index contributed by atoms with van der Waals surface area (Å²) in [5.41, 5.74) is 0.734. The molecule has 0 aliphatic carbocycles. The van der Waals surface area contributed by atoms with E-state index in [1.54, 1.807) is 12.1 Å². The van der Waals surface area contributed by atoms with Gasteiger partial charge in [-0.3, -0.25) is 0 Å². The number of rotatable bonds is 8. The van der Waals surface area contributed by atoms with Crippen LogP contribution < -0.4 is 15.4 Å². The summed E-state index contributed by atoms with van der Waals surface area (Å²) in [5.74, 6) is -0.591. The van der Waals surface area contributed by atoms with Crippen LogP contribution in [-0.4, -0.2) is 34.1 Å². The number of nitrogens with one attached hydrogen (secondary N) is 2. The molecule has 1 atom stereocenters. The lowest BCUT2D eigenvalue weighted by Crippen LogP contribution is -2.30. The fraction of sp³-hybridized carbons (Fsp3) is 0.273. The predicted octanol–water partition coefficient (Wildman–Crippen LogP) is 6.12. The normalized spacial score (nSPS) is 12.5. The number of aliphatic hydroxyl groups excluding tert-OH is 1. The summed E-state index contributed by atoms with van der Waals surface area (Å²) in [6.45, 7) is 3.60. The molecule has 1 aromatic heterocycles. The molecule has 0 radical (unpaired) electrons. The average molecular weight is 529 g/mol. The van der Waals surface area contributed by atoms with Gasteiger partial charge in [0.1, 0.15) is 17.4 Å². The molecule has 0 spiro atoms. The third kappa shape index (κ3) is 7.03. The zero-order chi connectivity index (χ0) is 24.2. The fourth-order valence-corrected chi connectivity index (χ4v) is 3.23. The van der Waals surface area contributed by atoms with Crippen molar-refractivity contribution in [2.45, 2.75) is 26.3 Å². The van der Waals surface area contributed by atoms with Gasteiger partial charge in [0, 0.05) is 16.1 Å². The Hall–Kier alpha value is -2.92. The molecule has 6 nitrogen and oxygen atoms in total. The van der Waals surface area contributed by atoms with E-state index in [1.165, 1.54) is 36.4 Å². The van der Waals surface area contributed by atoms with Crippen molar-refractivity contribution in [3.8, 4) is 17.0 Å². The lowest BCUT2D eigenvalue weighted by Gasteiger charge is -2.21. The minimum Gasteiger partial charge on any atom is -0.406 e. The number of halogens is 5. The summed E-state index contributed by atoms with van der Waals surface area (Å²) in [5, 5.41) is 15.5. The Morgan fingerprint density at radius 1 is 1.09 bits per heavy atom. The second kappa shape index (κ2) is 10.3. The number of ether oxygens (including phenoxy) is 1. The minimum atomic E-state index is -4.84. The van der Waals surface area contributed by atoms with Crippen molar-refractivity contribution >= 4 is 33.4 Å². The molecule has 1 heterocycles. The largest absolute Gasteiger partial charge is 0.573 e. The zero-order valence-corrected chi connectivity index (χ0v) is 19.2. The van der Waals surface area contributed by atoms with Crippen molar-refractivity contribution in [2.75, 3.05) is 17.2 Å². The van der Waals surface area contributed by atoms with Crippen LogP contribution in [0.2, 0.25) is 0 Å². The topological polar surface area (TPSA) is 79.3 Å². The summed E-state index contributed by atoms with van der Waals surface area (Å²) in [6.07, 6.45) is -4.84. The number of aromatic nitrogens is 2. The van der Waals surface area contributed by atoms with E-state index < -0.39 is 17.9 Å². The van der Waals surface area contributed by atoms with Gasteiger partial charge < -0.3 is 20.5 Å². The maximum Gasteiger partial charge on any atom is 0.573 e. The molecule has 0 unspecified atom stereocenters. The highest BCUT2D eigenvalue weighted by molar-refractivity contribution is 9.10. The second-order valence-electron chi connectivity index (χ2n) is 7.46. The van der Waals surface area contributed by atoms with Gasteiger partial charge in [0.05, 0.1) is 24.0 Å². The molecular weight excluding hydrogens is 508 g/mol.